The first-order chi connectivity index (χ1) is 5.67. The highest BCUT2D eigenvalue weighted by Crippen LogP contribution is 2.13. The fourth-order valence-electron chi connectivity index (χ4n) is 1.34. The van der Waals surface area contributed by atoms with Gasteiger partial charge in [-0.3, -0.25) is 0 Å². The third kappa shape index (κ3) is 2.43. The minimum absolute atomic E-state index is 0.0615. The fraction of sp³-hybridized carbons (Fsp3) is 1.00. The van der Waals surface area contributed by atoms with Crippen molar-refractivity contribution >= 4 is 10.0 Å². The van der Waals surface area contributed by atoms with Crippen LogP contribution in [-0.4, -0.2) is 43.3 Å². The predicted molar refractivity (Wildman–Crippen MR) is 46.3 cm³/mol. The lowest BCUT2D eigenvalue weighted by molar-refractivity contribution is 0.266. The maximum atomic E-state index is 11.3. The Morgan fingerprint density at radius 3 is 2.67 bits per heavy atom. The van der Waals surface area contributed by atoms with Gasteiger partial charge in [0.2, 0.25) is 10.0 Å². The Hall–Kier alpha value is -0.130. The second kappa shape index (κ2) is 4.20. The molecule has 0 aliphatic carbocycles. The molecule has 5 heteroatoms. The second-order valence-corrected chi connectivity index (χ2v) is 5.09. The van der Waals surface area contributed by atoms with Crippen molar-refractivity contribution in [3.8, 4) is 0 Å². The highest BCUT2D eigenvalue weighted by atomic mass is 32.2. The molecule has 72 valence electrons. The summed E-state index contributed by atoms with van der Waals surface area (Å²) in [4.78, 5) is 0. The van der Waals surface area contributed by atoms with Gasteiger partial charge in [-0.15, -0.1) is 0 Å². The van der Waals surface area contributed by atoms with E-state index in [9.17, 15) is 8.42 Å². The zero-order valence-electron chi connectivity index (χ0n) is 7.07. The van der Waals surface area contributed by atoms with Crippen LogP contribution in [0.25, 0.3) is 0 Å². The zero-order chi connectivity index (χ0) is 9.03. The van der Waals surface area contributed by atoms with Crippen LogP contribution in [0.15, 0.2) is 0 Å². The smallest absolute Gasteiger partial charge is 0.214 e. The van der Waals surface area contributed by atoms with E-state index in [2.05, 4.69) is 0 Å². The number of rotatable bonds is 3. The van der Waals surface area contributed by atoms with Gasteiger partial charge in [-0.1, -0.05) is 0 Å². The number of hydrogen-bond donors (Lipinski definition) is 1. The molecule has 0 saturated carbocycles. The van der Waals surface area contributed by atoms with E-state index in [1.165, 1.54) is 4.31 Å². The van der Waals surface area contributed by atoms with Crippen molar-refractivity contribution in [2.45, 2.75) is 19.3 Å². The average Bonchev–Trinajstić information content (AvgIpc) is 2.02. The van der Waals surface area contributed by atoms with Gasteiger partial charge in [0, 0.05) is 19.7 Å². The van der Waals surface area contributed by atoms with Crippen molar-refractivity contribution in [1.82, 2.24) is 4.31 Å². The molecule has 0 unspecified atom stereocenters. The Balaban J connectivity index is 2.49. The predicted octanol–water partition coefficient (Wildman–Crippen LogP) is -0.206. The molecule has 1 aliphatic heterocycles. The van der Waals surface area contributed by atoms with Gasteiger partial charge in [0.25, 0.3) is 0 Å². The number of aliphatic hydroxyl groups excluding tert-OH is 1. The fourth-order valence-corrected chi connectivity index (χ4v) is 2.98. The Labute approximate surface area is 73.2 Å². The summed E-state index contributed by atoms with van der Waals surface area (Å²) in [6.07, 6.45) is 2.27. The van der Waals surface area contributed by atoms with Crippen LogP contribution in [0.2, 0.25) is 0 Å². The summed E-state index contributed by atoms with van der Waals surface area (Å²) in [5.41, 5.74) is 0. The molecule has 1 rings (SSSR count). The lowest BCUT2D eigenvalue weighted by Gasteiger charge is -2.25. The molecule has 0 radical (unpaired) electrons. The summed E-state index contributed by atoms with van der Waals surface area (Å²) in [5, 5.41) is 8.55. The molecule has 1 fully saturated rings. The van der Waals surface area contributed by atoms with Crippen molar-refractivity contribution in [2.24, 2.45) is 0 Å². The summed E-state index contributed by atoms with van der Waals surface area (Å²) in [6, 6.07) is 0. The van der Waals surface area contributed by atoms with Crippen LogP contribution in [0.4, 0.5) is 0 Å². The summed E-state index contributed by atoms with van der Waals surface area (Å²) in [5.74, 6) is 0.276. The molecule has 1 saturated heterocycles. The van der Waals surface area contributed by atoms with Gasteiger partial charge >= 0.3 is 0 Å². The molecule has 0 spiro atoms. The molecule has 0 amide bonds. The SMILES string of the molecule is O=S1(=O)CCCCN1CCCO. The Kier molecular flexibility index (Phi) is 3.49. The van der Waals surface area contributed by atoms with Crippen molar-refractivity contribution in [3.05, 3.63) is 0 Å². The van der Waals surface area contributed by atoms with Gasteiger partial charge in [-0.2, -0.15) is 0 Å². The molecule has 0 atom stereocenters. The molecule has 12 heavy (non-hydrogen) atoms. The Morgan fingerprint density at radius 1 is 1.33 bits per heavy atom. The Bertz CT molecular complexity index is 225. The maximum Gasteiger partial charge on any atom is 0.214 e. The molecular formula is C7H15NO3S. The van der Waals surface area contributed by atoms with E-state index in [0.717, 1.165) is 12.8 Å². The highest BCUT2D eigenvalue weighted by Gasteiger charge is 2.24. The molecule has 0 aromatic heterocycles. The summed E-state index contributed by atoms with van der Waals surface area (Å²) in [6.45, 7) is 1.16. The van der Waals surface area contributed by atoms with Crippen LogP contribution >= 0.6 is 0 Å². The summed E-state index contributed by atoms with van der Waals surface area (Å²) < 4.78 is 24.1. The van der Waals surface area contributed by atoms with Gasteiger partial charge < -0.3 is 5.11 Å². The molecule has 1 heterocycles. The molecular weight excluding hydrogens is 178 g/mol. The standard InChI is InChI=1S/C7H15NO3S/c9-6-3-5-8-4-1-2-7-12(8,10)11/h9H,1-7H2. The third-order valence-electron chi connectivity index (χ3n) is 2.02. The minimum atomic E-state index is -2.97. The lowest BCUT2D eigenvalue weighted by atomic mass is 10.3. The van der Waals surface area contributed by atoms with Crippen LogP contribution in [-0.2, 0) is 10.0 Å². The monoisotopic (exact) mass is 193 g/mol. The van der Waals surface area contributed by atoms with Gasteiger partial charge in [0.15, 0.2) is 0 Å². The first-order valence-corrected chi connectivity index (χ1v) is 5.86. The lowest BCUT2D eigenvalue weighted by Crippen LogP contribution is -2.38. The zero-order valence-corrected chi connectivity index (χ0v) is 7.89. The molecule has 0 aromatic carbocycles. The number of aliphatic hydroxyl groups is 1. The second-order valence-electron chi connectivity index (χ2n) is 3.00. The van der Waals surface area contributed by atoms with E-state index < -0.39 is 10.0 Å². The summed E-state index contributed by atoms with van der Waals surface area (Å²) in [7, 11) is -2.97. The van der Waals surface area contributed by atoms with Crippen molar-refractivity contribution in [1.29, 1.82) is 0 Å². The van der Waals surface area contributed by atoms with Crippen LogP contribution in [0, 0.1) is 0 Å². The normalized spacial score (nSPS) is 24.1. The molecule has 4 nitrogen and oxygen atoms in total. The van der Waals surface area contributed by atoms with E-state index >= 15 is 0 Å². The quantitative estimate of drug-likeness (QED) is 0.675. The molecule has 0 bridgehead atoms. The van der Waals surface area contributed by atoms with Crippen molar-refractivity contribution < 1.29 is 13.5 Å². The van der Waals surface area contributed by atoms with E-state index in [-0.39, 0.29) is 12.4 Å². The van der Waals surface area contributed by atoms with Crippen molar-refractivity contribution in [3.63, 3.8) is 0 Å². The van der Waals surface area contributed by atoms with Crippen LogP contribution in [0.3, 0.4) is 0 Å². The van der Waals surface area contributed by atoms with Crippen LogP contribution in [0.5, 0.6) is 0 Å². The first-order valence-electron chi connectivity index (χ1n) is 4.25. The average molecular weight is 193 g/mol. The van der Waals surface area contributed by atoms with Crippen LogP contribution in [0.1, 0.15) is 19.3 Å². The number of sulfonamides is 1. The van der Waals surface area contributed by atoms with Gasteiger partial charge in [0.05, 0.1) is 5.75 Å². The molecule has 1 aliphatic rings. The summed E-state index contributed by atoms with van der Waals surface area (Å²) >= 11 is 0. The third-order valence-corrected chi connectivity index (χ3v) is 3.98. The number of nitrogens with zero attached hydrogens (tertiary/aromatic N) is 1. The van der Waals surface area contributed by atoms with E-state index in [0.29, 0.717) is 19.5 Å². The molecule has 0 aromatic rings. The Morgan fingerprint density at radius 2 is 2.08 bits per heavy atom. The number of hydrogen-bond acceptors (Lipinski definition) is 3. The first kappa shape index (κ1) is 9.95. The van der Waals surface area contributed by atoms with Crippen LogP contribution < -0.4 is 0 Å². The largest absolute Gasteiger partial charge is 0.396 e. The van der Waals surface area contributed by atoms with Gasteiger partial charge in [-0.25, -0.2) is 12.7 Å². The minimum Gasteiger partial charge on any atom is -0.396 e. The van der Waals surface area contributed by atoms with E-state index in [1.54, 1.807) is 0 Å². The van der Waals surface area contributed by atoms with E-state index in [1.807, 2.05) is 0 Å². The van der Waals surface area contributed by atoms with Crippen molar-refractivity contribution in [2.75, 3.05) is 25.4 Å². The maximum absolute atomic E-state index is 11.3. The molecule has 1 N–H and O–H groups in total. The topological polar surface area (TPSA) is 57.6 Å². The highest BCUT2D eigenvalue weighted by molar-refractivity contribution is 7.89. The van der Waals surface area contributed by atoms with Gasteiger partial charge in [0.1, 0.15) is 0 Å². The van der Waals surface area contributed by atoms with E-state index in [4.69, 9.17) is 5.11 Å². The van der Waals surface area contributed by atoms with Gasteiger partial charge in [-0.05, 0) is 19.3 Å².